The zero-order valence-electron chi connectivity index (χ0n) is 84.2. The fourth-order valence-corrected chi connectivity index (χ4v) is 14.5. The lowest BCUT2D eigenvalue weighted by Crippen LogP contribution is -2.61. The first-order valence-corrected chi connectivity index (χ1v) is 48.7. The zero-order valence-corrected chi connectivity index (χ0v) is 84.2. The van der Waals surface area contributed by atoms with Crippen LogP contribution in [0.4, 0.5) is 0 Å². The SMILES string of the molecule is CC(=O)N[C@@H](CCCNC(=N)N)C(=O)N[C@@H](CCCNC(=N)N)C(=O)N[C@@H](CCCNC(=N)N)C(=O)N[C@@H](CCCNC(=N)N)C(=O)N[C@H]1CC(=O)NCCCC[C@@H](C(=O)N[C@@H](CCCNC(=N)N)C(=O)N[C@@H](CCCNC(=N)N)C(=O)N[C@@H](CCCNC(=N)N)C(=O)N[C@@H](CCCNC(=N)N)C(=O)N[C@@H](CCCNC(=N)N)C(=O)O)NC(=O)[C@H](CCCNC(=N)N)NC(=O)[C@H](CCC(N)=O)NC(=O)[C@H](CCCNC(=N)N)NC1=O. The van der Waals surface area contributed by atoms with Crippen LogP contribution < -0.4 is 207 Å². The van der Waals surface area contributed by atoms with Crippen molar-refractivity contribution in [2.45, 2.75) is 271 Å². The highest BCUT2D eigenvalue weighted by Crippen LogP contribution is 2.16. The highest BCUT2D eigenvalue weighted by Gasteiger charge is 2.40. The van der Waals surface area contributed by atoms with E-state index in [0.29, 0.717) is 0 Å². The Morgan fingerprint density at radius 2 is 0.533 bits per heavy atom. The molecule has 0 bridgehead atoms. The number of aliphatic carboxylic acids is 1. The van der Waals surface area contributed by atoms with Crippen LogP contribution in [0, 0.1) is 59.5 Å². The maximum absolute atomic E-state index is 15.4. The zero-order chi connectivity index (χ0) is 113. The van der Waals surface area contributed by atoms with Gasteiger partial charge in [-0.05, 0) is 167 Å². The fourth-order valence-electron chi connectivity index (χ4n) is 14.5. The summed E-state index contributed by atoms with van der Waals surface area (Å²) in [7, 11) is 0. The van der Waals surface area contributed by atoms with Crippen molar-refractivity contribution in [2.24, 2.45) is 68.8 Å². The van der Waals surface area contributed by atoms with Crippen molar-refractivity contribution in [3.8, 4) is 0 Å². The molecule has 0 unspecified atom stereocenters. The number of hydrogen-bond donors (Lipinski definition) is 50. The molecule has 62 N–H and O–H groups in total. The van der Waals surface area contributed by atoms with Crippen LogP contribution in [-0.2, 0) is 81.5 Å². The molecule has 1 heterocycles. The van der Waals surface area contributed by atoms with Crippen LogP contribution in [0.1, 0.15) is 187 Å². The van der Waals surface area contributed by atoms with Gasteiger partial charge in [0, 0.05) is 91.9 Å². The predicted molar refractivity (Wildman–Crippen MR) is 551 cm³/mol. The maximum Gasteiger partial charge on any atom is 0.326 e. The summed E-state index contributed by atoms with van der Waals surface area (Å²) in [6.07, 6.45) is -6.50. The van der Waals surface area contributed by atoms with Gasteiger partial charge in [0.1, 0.15) is 84.6 Å². The van der Waals surface area contributed by atoms with Gasteiger partial charge in [-0.3, -0.25) is 136 Å². The van der Waals surface area contributed by atoms with E-state index in [-0.39, 0.29) is 226 Å². The van der Waals surface area contributed by atoms with E-state index in [9.17, 15) is 43.5 Å². The second kappa shape index (κ2) is 73.9. The highest BCUT2D eigenvalue weighted by molar-refractivity contribution is 6.02. The summed E-state index contributed by atoms with van der Waals surface area (Å²) >= 11 is 0. The van der Waals surface area contributed by atoms with Gasteiger partial charge >= 0.3 is 5.97 Å². The number of primary amides is 1. The molecule has 0 aromatic rings. The lowest BCUT2D eigenvalue weighted by atomic mass is 10.0. The van der Waals surface area contributed by atoms with E-state index in [0.717, 1.165) is 6.92 Å². The van der Waals surface area contributed by atoms with E-state index in [1.54, 1.807) is 0 Å². The number of carbonyl (C=O) groups is 17. The maximum atomic E-state index is 15.4. The molecule has 67 heteroatoms. The summed E-state index contributed by atoms with van der Waals surface area (Å²) in [4.78, 5) is 246. The van der Waals surface area contributed by atoms with Crippen molar-refractivity contribution in [3.63, 3.8) is 0 Å². The van der Waals surface area contributed by atoms with Gasteiger partial charge < -0.3 is 212 Å². The molecular formula is C83H159N49O18. The summed E-state index contributed by atoms with van der Waals surface area (Å²) in [5, 5.41) is 161. The minimum atomic E-state index is -2.07. The molecule has 0 radical (unpaired) electrons. The Kier molecular flexibility index (Phi) is 64.6. The molecule has 0 aromatic carbocycles. The summed E-state index contributed by atoms with van der Waals surface area (Å²) < 4.78 is 0. The Bertz CT molecular complexity index is 4570. The van der Waals surface area contributed by atoms with Gasteiger partial charge in [0.2, 0.25) is 94.5 Å². The van der Waals surface area contributed by atoms with Crippen LogP contribution in [0.2, 0.25) is 0 Å². The van der Waals surface area contributed by atoms with Crippen LogP contribution in [0.25, 0.3) is 0 Å². The first-order chi connectivity index (χ1) is 70.8. The molecule has 14 atom stereocenters. The van der Waals surface area contributed by atoms with Gasteiger partial charge in [0.15, 0.2) is 65.6 Å². The van der Waals surface area contributed by atoms with Crippen LogP contribution in [-0.4, -0.2) is 334 Å². The first-order valence-electron chi connectivity index (χ1n) is 48.7. The first kappa shape index (κ1) is 131. The van der Waals surface area contributed by atoms with E-state index in [1.807, 2.05) is 0 Å². The Labute approximate surface area is 865 Å². The van der Waals surface area contributed by atoms with E-state index in [1.165, 1.54) is 0 Å². The van der Waals surface area contributed by atoms with Gasteiger partial charge in [-0.15, -0.1) is 0 Å². The predicted octanol–water partition coefficient (Wildman–Crippen LogP) is -16.3. The van der Waals surface area contributed by atoms with Gasteiger partial charge in [-0.2, -0.15) is 0 Å². The van der Waals surface area contributed by atoms with Crippen molar-refractivity contribution in [1.82, 2.24) is 138 Å². The third-order valence-electron chi connectivity index (χ3n) is 22.1. The van der Waals surface area contributed by atoms with E-state index < -0.39 is 283 Å². The summed E-state index contributed by atoms with van der Waals surface area (Å²) in [5.41, 5.74) is 66.6. The van der Waals surface area contributed by atoms with E-state index >= 15 is 43.2 Å². The Balaban J connectivity index is 4.55. The normalized spacial score (nSPS) is 16.6. The van der Waals surface area contributed by atoms with E-state index in [4.69, 9.17) is 128 Å². The van der Waals surface area contributed by atoms with Crippen molar-refractivity contribution in [1.29, 1.82) is 59.5 Å². The summed E-state index contributed by atoms with van der Waals surface area (Å²) in [5.74, 6) is -23.8. The average Bonchev–Trinajstić information content (AvgIpc) is 0.850. The van der Waals surface area contributed by atoms with Crippen LogP contribution in [0.5, 0.6) is 0 Å². The molecule has 16 amide bonds. The number of rotatable bonds is 67. The molecule has 1 fully saturated rings. The third-order valence-corrected chi connectivity index (χ3v) is 22.1. The summed E-state index contributed by atoms with van der Waals surface area (Å²) in [6.45, 7) is 0.0370. The van der Waals surface area contributed by atoms with Gasteiger partial charge in [-0.1, -0.05) is 0 Å². The fraction of sp³-hybridized carbons (Fsp3) is 0.663. The van der Waals surface area contributed by atoms with Crippen molar-refractivity contribution < 1.29 is 86.6 Å². The monoisotopic (exact) mass is 2130 g/mol. The molecule has 1 aliphatic rings. The molecule has 1 rings (SSSR count). The molecule has 1 aliphatic heterocycles. The number of amides is 16. The number of carbonyl (C=O) groups excluding carboxylic acids is 16. The molecule has 0 aliphatic carbocycles. The average molecular weight is 2130 g/mol. The Hall–Kier alpha value is -17.0. The number of nitrogens with one attached hydrogen (secondary N) is 37. The van der Waals surface area contributed by atoms with Crippen LogP contribution >= 0.6 is 0 Å². The quantitative estimate of drug-likeness (QED) is 0.0153. The van der Waals surface area contributed by atoms with Crippen molar-refractivity contribution >= 4 is 166 Å². The Morgan fingerprint density at radius 1 is 0.300 bits per heavy atom. The van der Waals surface area contributed by atoms with Crippen molar-refractivity contribution in [3.05, 3.63) is 0 Å². The minimum absolute atomic E-state index is 0.0137. The third kappa shape index (κ3) is 61.9. The van der Waals surface area contributed by atoms with Gasteiger partial charge in [0.05, 0.1) is 6.42 Å². The van der Waals surface area contributed by atoms with Crippen LogP contribution in [0.3, 0.4) is 0 Å². The van der Waals surface area contributed by atoms with Crippen molar-refractivity contribution in [2.75, 3.05) is 78.5 Å². The molecule has 1 saturated heterocycles. The van der Waals surface area contributed by atoms with Crippen LogP contribution in [0.15, 0.2) is 0 Å². The van der Waals surface area contributed by atoms with Gasteiger partial charge in [0.25, 0.3) is 0 Å². The second-order valence-corrected chi connectivity index (χ2v) is 34.8. The molecule has 0 saturated carbocycles. The number of nitrogens with two attached hydrogens (primary N) is 12. The minimum Gasteiger partial charge on any atom is -0.480 e. The Morgan fingerprint density at radius 3 is 0.800 bits per heavy atom. The molecular weight excluding hydrogens is 1970 g/mol. The number of carboxylic acids is 1. The standard InChI is InChI=1S/C83H159N49O18/c1-42(133)119-43(16-4-30-108-73(85)86)59(136)121-45(17-5-31-109-74(87)88)62(139)123-49(21-9-35-113-78(95)96)66(143)127-53(25-13-39-117-82(103)104)69(146)132-56-41-58(135)107-29-3-2-15-44(120-61(138)50(22-10-36-114-79(97)98)128-70(147)54(27-28-57(84)134)130-67(144)51(129-71(56)148)23-11-37-115-80(99)100)60(137)122-46(18-6-32-110-75(89)90)63(140)124-47(19-7-33-111-76(91)92)64(141)125-48(20-8-34-112-77(93)94)65(142)126-52(24-12-38-116-81(101)102)68(145)131-55(72(149)150)26-14-40-118-83(105)106/h43-56H,2-41H2,1H3,(H2,84,134)(H,107,135)(H,119,133)(H,120,138)(H,121,136)(H,122,137)(H,123,139)(H,124,140)(H,125,141)(H,126,142)(H,127,143)(H,128,147)(H,129,148)(H,130,144)(H,131,145)(H,132,146)(H,149,150)(H4,85,86,108)(H4,87,88,109)(H4,89,90,110)(H4,91,92,111)(H4,93,94,112)(H4,95,96,113)(H4,97,98,114)(H4,99,100,115)(H4,101,102,116)(H4,103,104,117)(H4,105,106,118)/t43-,44-,45-,46-,47-,48-,49-,50-,51-,52-,53-,54-,55-,56-/m0/s1. The molecule has 150 heavy (non-hydrogen) atoms. The lowest BCUT2D eigenvalue weighted by molar-refractivity contribution is -0.142. The molecule has 0 aromatic heterocycles. The molecule has 0 spiro atoms. The molecule has 67 nitrogen and oxygen atoms in total. The molecule has 844 valence electrons. The second-order valence-electron chi connectivity index (χ2n) is 34.8. The van der Waals surface area contributed by atoms with E-state index in [2.05, 4.69) is 138 Å². The van der Waals surface area contributed by atoms with Gasteiger partial charge in [-0.25, -0.2) is 4.79 Å². The lowest BCUT2D eigenvalue weighted by Gasteiger charge is -2.29. The summed E-state index contributed by atoms with van der Waals surface area (Å²) in [6, 6.07) is -23.8. The topological polar surface area (TPSA) is 1200 Å². The number of hydrogen-bond acceptors (Lipinski definition) is 28. The highest BCUT2D eigenvalue weighted by atomic mass is 16.4. The largest absolute Gasteiger partial charge is 0.480 e. The number of guanidine groups is 11. The smallest absolute Gasteiger partial charge is 0.326 e. The number of carboxylic acid groups (broad SMARTS) is 1.